The average molecular weight is 256 g/mol. The SMILES string of the molecule is C[C@H](NC(=O)OC(C)(C)C)C(=O)c1cscn1. The van der Waals surface area contributed by atoms with Crippen molar-refractivity contribution in [2.45, 2.75) is 39.3 Å². The molecule has 0 saturated carbocycles. The van der Waals surface area contributed by atoms with Crippen molar-refractivity contribution >= 4 is 23.2 Å². The second-order valence-corrected chi connectivity index (χ2v) is 5.32. The summed E-state index contributed by atoms with van der Waals surface area (Å²) < 4.78 is 5.06. The number of nitrogens with zero attached hydrogens (tertiary/aromatic N) is 1. The Morgan fingerprint density at radius 2 is 2.12 bits per heavy atom. The van der Waals surface area contributed by atoms with Gasteiger partial charge in [-0.05, 0) is 27.7 Å². The van der Waals surface area contributed by atoms with E-state index in [1.165, 1.54) is 11.3 Å². The van der Waals surface area contributed by atoms with E-state index in [2.05, 4.69) is 10.3 Å². The van der Waals surface area contributed by atoms with Crippen LogP contribution in [0.4, 0.5) is 4.79 Å². The first-order valence-electron chi connectivity index (χ1n) is 5.21. The predicted octanol–water partition coefficient (Wildman–Crippen LogP) is 2.24. The van der Waals surface area contributed by atoms with E-state index in [4.69, 9.17) is 4.74 Å². The van der Waals surface area contributed by atoms with Gasteiger partial charge in [0.25, 0.3) is 0 Å². The number of Topliss-reactive ketones (excluding diaryl/α,β-unsaturated/α-hetero) is 1. The molecule has 0 radical (unpaired) electrons. The van der Waals surface area contributed by atoms with E-state index >= 15 is 0 Å². The van der Waals surface area contributed by atoms with Crippen molar-refractivity contribution in [2.24, 2.45) is 0 Å². The van der Waals surface area contributed by atoms with E-state index < -0.39 is 17.7 Å². The van der Waals surface area contributed by atoms with Crippen LogP contribution in [-0.2, 0) is 4.74 Å². The molecule has 1 atom stereocenters. The Bertz CT molecular complexity index is 395. The van der Waals surface area contributed by atoms with Crippen LogP contribution in [0.2, 0.25) is 0 Å². The Balaban J connectivity index is 2.52. The topological polar surface area (TPSA) is 68.3 Å². The highest BCUT2D eigenvalue weighted by Crippen LogP contribution is 2.08. The molecule has 0 unspecified atom stereocenters. The van der Waals surface area contributed by atoms with Gasteiger partial charge in [-0.15, -0.1) is 11.3 Å². The summed E-state index contributed by atoms with van der Waals surface area (Å²) in [5.74, 6) is -0.225. The van der Waals surface area contributed by atoms with Crippen LogP contribution in [0.25, 0.3) is 0 Å². The van der Waals surface area contributed by atoms with Crippen molar-refractivity contribution in [3.63, 3.8) is 0 Å². The fourth-order valence-electron chi connectivity index (χ4n) is 1.11. The summed E-state index contributed by atoms with van der Waals surface area (Å²) in [6.07, 6.45) is -0.603. The molecule has 0 bridgehead atoms. The number of hydrogen-bond donors (Lipinski definition) is 1. The van der Waals surface area contributed by atoms with Crippen LogP contribution < -0.4 is 5.32 Å². The molecule has 1 amide bonds. The lowest BCUT2D eigenvalue weighted by Gasteiger charge is -2.21. The lowest BCUT2D eigenvalue weighted by atomic mass is 10.2. The zero-order chi connectivity index (χ0) is 13.1. The minimum absolute atomic E-state index is 0.225. The fourth-order valence-corrected chi connectivity index (χ4v) is 1.65. The summed E-state index contributed by atoms with van der Waals surface area (Å²) in [6, 6.07) is -0.646. The minimum atomic E-state index is -0.646. The van der Waals surface area contributed by atoms with Gasteiger partial charge in [0.1, 0.15) is 11.3 Å². The molecule has 0 aliphatic heterocycles. The molecule has 6 heteroatoms. The summed E-state index contributed by atoms with van der Waals surface area (Å²) in [6.45, 7) is 6.89. The van der Waals surface area contributed by atoms with E-state index in [-0.39, 0.29) is 5.78 Å². The number of carbonyl (C=O) groups is 2. The molecule has 0 saturated heterocycles. The maximum Gasteiger partial charge on any atom is 0.408 e. The third-order valence-electron chi connectivity index (χ3n) is 1.81. The van der Waals surface area contributed by atoms with Gasteiger partial charge in [-0.2, -0.15) is 0 Å². The number of nitrogens with one attached hydrogen (secondary N) is 1. The summed E-state index contributed by atoms with van der Waals surface area (Å²) >= 11 is 1.34. The number of ketones is 1. The second-order valence-electron chi connectivity index (χ2n) is 4.61. The normalized spacial score (nSPS) is 12.9. The molecule has 0 aliphatic rings. The van der Waals surface area contributed by atoms with E-state index in [0.717, 1.165) is 0 Å². The lowest BCUT2D eigenvalue weighted by molar-refractivity contribution is 0.0496. The van der Waals surface area contributed by atoms with Crippen LogP contribution in [-0.4, -0.2) is 28.5 Å². The summed E-state index contributed by atoms with van der Waals surface area (Å²) in [5.41, 5.74) is 1.36. The van der Waals surface area contributed by atoms with Crippen LogP contribution in [0.3, 0.4) is 0 Å². The average Bonchev–Trinajstić information content (AvgIpc) is 2.65. The minimum Gasteiger partial charge on any atom is -0.444 e. The van der Waals surface area contributed by atoms with Gasteiger partial charge < -0.3 is 10.1 Å². The lowest BCUT2D eigenvalue weighted by Crippen LogP contribution is -2.41. The molecule has 1 N–H and O–H groups in total. The van der Waals surface area contributed by atoms with Crippen LogP contribution in [0.1, 0.15) is 38.2 Å². The van der Waals surface area contributed by atoms with Crippen molar-refractivity contribution in [3.05, 3.63) is 16.6 Å². The van der Waals surface area contributed by atoms with Crippen molar-refractivity contribution in [1.82, 2.24) is 10.3 Å². The van der Waals surface area contributed by atoms with Gasteiger partial charge in [-0.25, -0.2) is 9.78 Å². The molecule has 0 spiro atoms. The van der Waals surface area contributed by atoms with Gasteiger partial charge in [-0.3, -0.25) is 4.79 Å². The highest BCUT2D eigenvalue weighted by atomic mass is 32.1. The molecule has 0 fully saturated rings. The number of rotatable bonds is 3. The molecule has 1 rings (SSSR count). The number of ether oxygens (including phenoxy) is 1. The number of amides is 1. The van der Waals surface area contributed by atoms with Crippen molar-refractivity contribution in [2.75, 3.05) is 0 Å². The first-order valence-corrected chi connectivity index (χ1v) is 6.16. The van der Waals surface area contributed by atoms with E-state index in [9.17, 15) is 9.59 Å². The molecule has 94 valence electrons. The summed E-state index contributed by atoms with van der Waals surface area (Å²) in [7, 11) is 0. The van der Waals surface area contributed by atoms with Crippen LogP contribution in [0.15, 0.2) is 10.9 Å². The standard InChI is InChI=1S/C11H16N2O3S/c1-7(9(14)8-5-17-6-12-8)13-10(15)16-11(2,3)4/h5-7H,1-4H3,(H,13,15)/t7-/m0/s1. The Morgan fingerprint density at radius 3 is 2.59 bits per heavy atom. The van der Waals surface area contributed by atoms with Crippen molar-refractivity contribution < 1.29 is 14.3 Å². The molecular weight excluding hydrogens is 240 g/mol. The van der Waals surface area contributed by atoms with Gasteiger partial charge in [-0.1, -0.05) is 0 Å². The molecule has 1 heterocycles. The largest absolute Gasteiger partial charge is 0.444 e. The predicted molar refractivity (Wildman–Crippen MR) is 65.3 cm³/mol. The molecule has 17 heavy (non-hydrogen) atoms. The maximum absolute atomic E-state index is 11.8. The molecule has 1 aromatic rings. The van der Waals surface area contributed by atoms with Crippen LogP contribution in [0, 0.1) is 0 Å². The quantitative estimate of drug-likeness (QED) is 0.842. The molecule has 5 nitrogen and oxygen atoms in total. The third kappa shape index (κ3) is 4.52. The van der Waals surface area contributed by atoms with Gasteiger partial charge in [0.2, 0.25) is 5.78 Å². The number of thiazole rings is 1. The van der Waals surface area contributed by atoms with E-state index in [0.29, 0.717) is 5.69 Å². The van der Waals surface area contributed by atoms with Crippen LogP contribution >= 0.6 is 11.3 Å². The Labute approximate surface area is 104 Å². The molecule has 1 aromatic heterocycles. The van der Waals surface area contributed by atoms with E-state index in [1.54, 1.807) is 38.6 Å². The number of hydrogen-bond acceptors (Lipinski definition) is 5. The Hall–Kier alpha value is -1.43. The van der Waals surface area contributed by atoms with Gasteiger partial charge in [0.05, 0.1) is 11.6 Å². The zero-order valence-corrected chi connectivity index (χ0v) is 11.1. The number of carbonyl (C=O) groups excluding carboxylic acids is 2. The molecular formula is C11H16N2O3S. The van der Waals surface area contributed by atoms with E-state index in [1.807, 2.05) is 0 Å². The Morgan fingerprint density at radius 1 is 1.47 bits per heavy atom. The van der Waals surface area contributed by atoms with Crippen molar-refractivity contribution in [1.29, 1.82) is 0 Å². The van der Waals surface area contributed by atoms with Gasteiger partial charge in [0.15, 0.2) is 0 Å². The number of alkyl carbamates (subject to hydrolysis) is 1. The highest BCUT2D eigenvalue weighted by Gasteiger charge is 2.22. The third-order valence-corrected chi connectivity index (χ3v) is 2.40. The monoisotopic (exact) mass is 256 g/mol. The molecule has 0 aromatic carbocycles. The smallest absolute Gasteiger partial charge is 0.408 e. The van der Waals surface area contributed by atoms with Crippen molar-refractivity contribution in [3.8, 4) is 0 Å². The first kappa shape index (κ1) is 13.6. The van der Waals surface area contributed by atoms with Gasteiger partial charge >= 0.3 is 6.09 Å². The first-order chi connectivity index (χ1) is 7.79. The fraction of sp³-hybridized carbons (Fsp3) is 0.545. The Kier molecular flexibility index (Phi) is 4.22. The van der Waals surface area contributed by atoms with Crippen LogP contribution in [0.5, 0.6) is 0 Å². The summed E-state index contributed by atoms with van der Waals surface area (Å²) in [5, 5.41) is 4.13. The van der Waals surface area contributed by atoms with Gasteiger partial charge in [0, 0.05) is 5.38 Å². The summed E-state index contributed by atoms with van der Waals surface area (Å²) in [4.78, 5) is 27.1. The highest BCUT2D eigenvalue weighted by molar-refractivity contribution is 7.07. The second kappa shape index (κ2) is 5.27. The number of aromatic nitrogens is 1. The zero-order valence-electron chi connectivity index (χ0n) is 10.3. The maximum atomic E-state index is 11.8. The molecule has 0 aliphatic carbocycles.